The van der Waals surface area contributed by atoms with E-state index in [4.69, 9.17) is 4.79 Å². The maximum atomic E-state index is 8.95. The van der Waals surface area contributed by atoms with Gasteiger partial charge < -0.3 is 10.1 Å². The summed E-state index contributed by atoms with van der Waals surface area (Å²) in [5.74, 6) is 0.389. The molecule has 1 atom stereocenters. The van der Waals surface area contributed by atoms with Gasteiger partial charge >= 0.3 is 0 Å². The maximum absolute atomic E-state index is 8.95. The Labute approximate surface area is 209 Å². The predicted octanol–water partition coefficient (Wildman–Crippen LogP) is 4.13. The van der Waals surface area contributed by atoms with E-state index in [2.05, 4.69) is 79.8 Å². The second-order valence-electron chi connectivity index (χ2n) is 6.05. The summed E-state index contributed by atoms with van der Waals surface area (Å²) in [6, 6.07) is 10.2. The molecule has 0 spiro atoms. The first-order valence-corrected chi connectivity index (χ1v) is 7.91. The first kappa shape index (κ1) is 30.7. The van der Waals surface area contributed by atoms with Crippen LogP contribution in [0.15, 0.2) is 60.7 Å². The van der Waals surface area contributed by atoms with Crippen molar-refractivity contribution in [1.82, 2.24) is 5.32 Å². The van der Waals surface area contributed by atoms with Crippen LogP contribution in [-0.2, 0) is 74.9 Å². The molecule has 2 rings (SSSR count). The number of hydrogen-bond donors (Lipinski definition) is 1. The normalized spacial score (nSPS) is 14.3. The molecule has 0 fully saturated rings. The summed E-state index contributed by atoms with van der Waals surface area (Å²) in [4.78, 5) is 8.95. The molecule has 0 aliphatic heterocycles. The van der Waals surface area contributed by atoms with E-state index < -0.39 is 0 Å². The number of benzene rings is 1. The topological polar surface area (TPSA) is 38.3 Å². The number of carbonyl (C=O) groups is 1. The number of carbonyl (C=O) groups excluding carboxylic acids is 1. The molecule has 3 nitrogen and oxygen atoms in total. The van der Waals surface area contributed by atoms with Gasteiger partial charge in [0.1, 0.15) is 0 Å². The van der Waals surface area contributed by atoms with Gasteiger partial charge in [0, 0.05) is 71.0 Å². The van der Waals surface area contributed by atoms with E-state index >= 15 is 0 Å². The molecule has 1 unspecified atom stereocenters. The van der Waals surface area contributed by atoms with Gasteiger partial charge in [0.05, 0.1) is 7.11 Å². The van der Waals surface area contributed by atoms with Gasteiger partial charge in [-0.2, -0.15) is 29.8 Å². The summed E-state index contributed by atoms with van der Waals surface area (Å²) in [6.07, 6.45) is 15.8. The van der Waals surface area contributed by atoms with Gasteiger partial charge in [-0.3, -0.25) is 4.79 Å². The minimum absolute atomic E-state index is 0. The minimum Gasteiger partial charge on any atom is -0.471 e. The van der Waals surface area contributed by atoms with Crippen LogP contribution in [0.2, 0.25) is 0 Å². The molecular formula is C21H29NO2Y2-2. The quantitative estimate of drug-likeness (QED) is 0.496. The fourth-order valence-electron chi connectivity index (χ4n) is 1.35. The summed E-state index contributed by atoms with van der Waals surface area (Å²) in [5, 5.41) is 3.10. The second kappa shape index (κ2) is 19.7. The van der Waals surface area contributed by atoms with Gasteiger partial charge in [0.15, 0.2) is 0 Å². The smallest absolute Gasteiger partial charge is 0.292 e. The Kier molecular flexibility index (Phi) is 23.2. The SMILES string of the molecule is CNC(C)(C)C.COC=O.[C-](=CC1C=CC=C[CH-]1)c1ccccc1.[Y].[Y]. The van der Waals surface area contributed by atoms with Crippen LogP contribution in [0, 0.1) is 18.4 Å². The van der Waals surface area contributed by atoms with Crippen molar-refractivity contribution in [1.29, 1.82) is 0 Å². The van der Waals surface area contributed by atoms with Crippen LogP contribution in [0.25, 0.3) is 0 Å². The first-order valence-electron chi connectivity index (χ1n) is 7.91. The van der Waals surface area contributed by atoms with Crippen LogP contribution < -0.4 is 5.32 Å². The number of nitrogens with one attached hydrogen (secondary N) is 1. The zero-order valence-corrected chi connectivity index (χ0v) is 22.2. The Hall–Kier alpha value is -0.0522. The molecule has 0 bridgehead atoms. The summed E-state index contributed by atoms with van der Waals surface area (Å²) < 4.78 is 3.86. The molecule has 1 aromatic rings. The number of methoxy groups -OCH3 is 1. The summed E-state index contributed by atoms with van der Waals surface area (Å²) in [5.41, 5.74) is 1.42. The fraction of sp³-hybridized carbons (Fsp3) is 0.333. The second-order valence-corrected chi connectivity index (χ2v) is 6.05. The van der Waals surface area contributed by atoms with Gasteiger partial charge in [-0.25, -0.2) is 18.6 Å². The van der Waals surface area contributed by atoms with Gasteiger partial charge in [-0.15, -0.1) is 24.3 Å². The van der Waals surface area contributed by atoms with Gasteiger partial charge in [0.25, 0.3) is 6.47 Å². The molecule has 1 aromatic carbocycles. The van der Waals surface area contributed by atoms with Gasteiger partial charge in [-0.05, 0) is 27.8 Å². The monoisotopic (exact) mass is 505 g/mol. The number of ether oxygens (including phenoxy) is 1. The third-order valence-electron chi connectivity index (χ3n) is 2.95. The fourth-order valence-corrected chi connectivity index (χ4v) is 1.35. The van der Waals surface area contributed by atoms with Crippen LogP contribution in [0.3, 0.4) is 0 Å². The molecule has 1 aliphatic carbocycles. The van der Waals surface area contributed by atoms with Crippen LogP contribution >= 0.6 is 0 Å². The Bertz CT molecular complexity index is 521. The van der Waals surface area contributed by atoms with E-state index in [-0.39, 0.29) is 65.4 Å². The molecule has 0 aromatic heterocycles. The Morgan fingerprint density at radius 3 is 2.08 bits per heavy atom. The molecule has 2 radical (unpaired) electrons. The minimum atomic E-state index is 0. The van der Waals surface area contributed by atoms with E-state index in [1.54, 1.807) is 0 Å². The molecule has 1 N–H and O–H groups in total. The van der Waals surface area contributed by atoms with Gasteiger partial charge in [-0.1, -0.05) is 12.0 Å². The number of rotatable bonds is 3. The van der Waals surface area contributed by atoms with E-state index in [0.29, 0.717) is 17.9 Å². The standard InChI is InChI=1S/C14H12.C5H13N.C2H4O2.2Y/c1-3-7-13(8-4-1)11-12-14-9-5-2-6-10-14;1-5(2,3)6-4;1-4-2-3;;/h1-11,13H;6H,1-4H3;2H,1H3;;/q-2;;;;. The van der Waals surface area contributed by atoms with E-state index in [0.717, 1.165) is 5.56 Å². The average Bonchev–Trinajstić information content (AvgIpc) is 2.62. The van der Waals surface area contributed by atoms with Gasteiger partial charge in [0.2, 0.25) is 0 Å². The Balaban J connectivity index is -0.000000376. The summed E-state index contributed by atoms with van der Waals surface area (Å²) in [7, 11) is 3.27. The summed E-state index contributed by atoms with van der Waals surface area (Å²) in [6.45, 7) is 6.77. The van der Waals surface area contributed by atoms with E-state index in [9.17, 15) is 0 Å². The zero-order chi connectivity index (χ0) is 18.3. The number of allylic oxidation sites excluding steroid dienone is 5. The number of hydrogen-bond acceptors (Lipinski definition) is 3. The molecular weight excluding hydrogens is 476 g/mol. The molecule has 0 saturated heterocycles. The largest absolute Gasteiger partial charge is 0.471 e. The van der Waals surface area contributed by atoms with Crippen LogP contribution in [0.5, 0.6) is 0 Å². The third-order valence-corrected chi connectivity index (χ3v) is 2.95. The van der Waals surface area contributed by atoms with E-state index in [1.807, 2.05) is 31.3 Å². The van der Waals surface area contributed by atoms with Crippen LogP contribution in [0.1, 0.15) is 26.3 Å². The molecule has 0 saturated carbocycles. The average molecular weight is 505 g/mol. The van der Waals surface area contributed by atoms with Crippen molar-refractivity contribution in [3.8, 4) is 0 Å². The van der Waals surface area contributed by atoms with Crippen LogP contribution in [-0.4, -0.2) is 26.2 Å². The molecule has 0 amide bonds. The molecule has 5 heteroatoms. The van der Waals surface area contributed by atoms with Crippen molar-refractivity contribution in [3.05, 3.63) is 78.8 Å². The van der Waals surface area contributed by atoms with Crippen molar-refractivity contribution in [2.24, 2.45) is 5.92 Å². The zero-order valence-electron chi connectivity index (χ0n) is 16.5. The molecule has 1 aliphatic rings. The van der Waals surface area contributed by atoms with Crippen molar-refractivity contribution in [2.75, 3.05) is 14.2 Å². The molecule has 0 heterocycles. The van der Waals surface area contributed by atoms with Crippen molar-refractivity contribution < 1.29 is 74.9 Å². The van der Waals surface area contributed by atoms with E-state index in [1.165, 1.54) is 7.11 Å². The molecule has 26 heavy (non-hydrogen) atoms. The molecule has 138 valence electrons. The van der Waals surface area contributed by atoms with Crippen molar-refractivity contribution in [2.45, 2.75) is 26.3 Å². The predicted molar refractivity (Wildman–Crippen MR) is 101 cm³/mol. The Morgan fingerprint density at radius 1 is 1.15 bits per heavy atom. The maximum Gasteiger partial charge on any atom is 0.292 e. The first-order chi connectivity index (χ1) is 11.4. The third kappa shape index (κ3) is 20.3. The summed E-state index contributed by atoms with van der Waals surface area (Å²) >= 11 is 0. The Morgan fingerprint density at radius 2 is 1.69 bits per heavy atom. The van der Waals surface area contributed by atoms with Crippen LogP contribution in [0.4, 0.5) is 0 Å². The van der Waals surface area contributed by atoms with Crippen molar-refractivity contribution in [3.63, 3.8) is 0 Å². The van der Waals surface area contributed by atoms with Crippen molar-refractivity contribution >= 4 is 6.47 Å².